The third-order valence-electron chi connectivity index (χ3n) is 3.48. The van der Waals surface area contributed by atoms with Gasteiger partial charge in [0.2, 0.25) is 0 Å². The summed E-state index contributed by atoms with van der Waals surface area (Å²) in [6.07, 6.45) is 11.3. The molecular formula is C16H36ClN5. The van der Waals surface area contributed by atoms with Crippen molar-refractivity contribution in [3.63, 3.8) is 0 Å². The van der Waals surface area contributed by atoms with E-state index < -0.39 is 0 Å². The third-order valence-corrected chi connectivity index (χ3v) is 3.48. The molecule has 0 aliphatic heterocycles. The summed E-state index contributed by atoms with van der Waals surface area (Å²) < 4.78 is 0. The molecule has 0 aromatic rings. The van der Waals surface area contributed by atoms with E-state index in [9.17, 15) is 0 Å². The molecule has 132 valence electrons. The van der Waals surface area contributed by atoms with Crippen molar-refractivity contribution in [3.05, 3.63) is 0 Å². The zero-order chi connectivity index (χ0) is 15.9. The number of aliphatic imine (C=N–C) groups is 1. The van der Waals surface area contributed by atoms with Gasteiger partial charge in [-0.05, 0) is 12.8 Å². The van der Waals surface area contributed by atoms with Gasteiger partial charge >= 0.3 is 0 Å². The molecule has 0 unspecified atom stereocenters. The molecule has 0 bridgehead atoms. The Kier molecular flexibility index (Phi) is 17.4. The molecule has 0 aromatic carbocycles. The standard InChI is InChI=1S/C16H35N5.ClH/c1-4-6-7-8-9-10-11-12-13-19-15(17)20-16(18)21(3)14-5-2;/h4-14H2,1-3H3,(H4,17,18,19,20);1H. The Morgan fingerprint density at radius 2 is 1.55 bits per heavy atom. The van der Waals surface area contributed by atoms with Crippen LogP contribution in [0.5, 0.6) is 0 Å². The van der Waals surface area contributed by atoms with Crippen LogP contribution in [0.15, 0.2) is 4.99 Å². The monoisotopic (exact) mass is 333 g/mol. The number of hydrogen-bond acceptors (Lipinski definition) is 2. The van der Waals surface area contributed by atoms with Gasteiger partial charge < -0.3 is 10.6 Å². The van der Waals surface area contributed by atoms with Crippen molar-refractivity contribution in [2.75, 3.05) is 20.1 Å². The van der Waals surface area contributed by atoms with Crippen LogP contribution in [-0.2, 0) is 0 Å². The number of nitrogens with one attached hydrogen (secondary N) is 2. The Balaban J connectivity index is 0. The second-order valence-corrected chi connectivity index (χ2v) is 5.64. The lowest BCUT2D eigenvalue weighted by molar-refractivity contribution is 0.486. The van der Waals surface area contributed by atoms with Crippen molar-refractivity contribution in [2.45, 2.75) is 71.6 Å². The van der Waals surface area contributed by atoms with E-state index in [-0.39, 0.29) is 12.4 Å². The summed E-state index contributed by atoms with van der Waals surface area (Å²) in [6.45, 7) is 5.93. The van der Waals surface area contributed by atoms with Crippen LogP contribution in [0.25, 0.3) is 0 Å². The largest absolute Gasteiger partial charge is 0.370 e. The predicted molar refractivity (Wildman–Crippen MR) is 100 cm³/mol. The molecule has 0 rings (SSSR count). The van der Waals surface area contributed by atoms with Gasteiger partial charge in [0, 0.05) is 20.1 Å². The van der Waals surface area contributed by atoms with Crippen LogP contribution >= 0.6 is 12.4 Å². The molecule has 0 atom stereocenters. The lowest BCUT2D eigenvalue weighted by Gasteiger charge is -2.19. The lowest BCUT2D eigenvalue weighted by Crippen LogP contribution is -2.45. The fraction of sp³-hybridized carbons (Fsp3) is 0.875. The third kappa shape index (κ3) is 14.0. The van der Waals surface area contributed by atoms with Crippen LogP contribution in [0.3, 0.4) is 0 Å². The molecule has 0 saturated carbocycles. The van der Waals surface area contributed by atoms with E-state index in [4.69, 9.17) is 11.1 Å². The number of nitrogens with two attached hydrogens (primary N) is 1. The van der Waals surface area contributed by atoms with Crippen molar-refractivity contribution in [3.8, 4) is 0 Å². The number of hydrogen-bond donors (Lipinski definition) is 3. The zero-order valence-electron chi connectivity index (χ0n) is 14.7. The second-order valence-electron chi connectivity index (χ2n) is 5.64. The van der Waals surface area contributed by atoms with Crippen molar-refractivity contribution < 1.29 is 0 Å². The summed E-state index contributed by atoms with van der Waals surface area (Å²) in [5, 5.41) is 10.6. The quantitative estimate of drug-likeness (QED) is 0.306. The van der Waals surface area contributed by atoms with Crippen molar-refractivity contribution in [2.24, 2.45) is 10.7 Å². The minimum absolute atomic E-state index is 0. The Morgan fingerprint density at radius 3 is 2.09 bits per heavy atom. The van der Waals surface area contributed by atoms with E-state index in [1.807, 2.05) is 11.9 Å². The molecule has 22 heavy (non-hydrogen) atoms. The Labute approximate surface area is 143 Å². The first-order valence-corrected chi connectivity index (χ1v) is 8.48. The van der Waals surface area contributed by atoms with Crippen molar-refractivity contribution in [1.29, 1.82) is 5.41 Å². The Bertz CT molecular complexity index is 294. The minimum Gasteiger partial charge on any atom is -0.370 e. The van der Waals surface area contributed by atoms with Crippen LogP contribution < -0.4 is 11.1 Å². The van der Waals surface area contributed by atoms with Gasteiger partial charge in [0.15, 0.2) is 11.9 Å². The Morgan fingerprint density at radius 1 is 1.00 bits per heavy atom. The van der Waals surface area contributed by atoms with Crippen molar-refractivity contribution >= 4 is 24.3 Å². The molecule has 0 aliphatic carbocycles. The number of unbranched alkanes of at least 4 members (excludes halogenated alkanes) is 7. The van der Waals surface area contributed by atoms with Gasteiger partial charge in [-0.2, -0.15) is 0 Å². The first-order chi connectivity index (χ1) is 10.1. The van der Waals surface area contributed by atoms with Crippen molar-refractivity contribution in [1.82, 2.24) is 10.2 Å². The molecule has 0 heterocycles. The van der Waals surface area contributed by atoms with E-state index >= 15 is 0 Å². The fourth-order valence-corrected chi connectivity index (χ4v) is 2.15. The predicted octanol–water partition coefficient (Wildman–Crippen LogP) is 3.73. The van der Waals surface area contributed by atoms with E-state index in [0.29, 0.717) is 11.9 Å². The highest BCUT2D eigenvalue weighted by Crippen LogP contribution is 2.08. The van der Waals surface area contributed by atoms with Gasteiger partial charge in [0.05, 0.1) is 0 Å². The normalized spacial score (nSPS) is 11.0. The van der Waals surface area contributed by atoms with Crippen LogP contribution in [0, 0.1) is 5.41 Å². The van der Waals surface area contributed by atoms with Crippen LogP contribution in [-0.4, -0.2) is 37.0 Å². The highest BCUT2D eigenvalue weighted by atomic mass is 35.5. The van der Waals surface area contributed by atoms with Crippen LogP contribution in [0.1, 0.15) is 71.6 Å². The molecule has 5 nitrogen and oxygen atoms in total. The molecule has 0 aliphatic rings. The first kappa shape index (κ1) is 23.3. The fourth-order valence-electron chi connectivity index (χ4n) is 2.15. The van der Waals surface area contributed by atoms with E-state index in [1.165, 1.54) is 44.9 Å². The summed E-state index contributed by atoms with van der Waals surface area (Å²) in [4.78, 5) is 6.10. The van der Waals surface area contributed by atoms with E-state index in [1.54, 1.807) is 0 Å². The van der Waals surface area contributed by atoms with Gasteiger partial charge in [-0.15, -0.1) is 12.4 Å². The number of guanidine groups is 2. The number of nitrogens with zero attached hydrogens (tertiary/aromatic N) is 2. The highest BCUT2D eigenvalue weighted by Gasteiger charge is 2.03. The summed E-state index contributed by atoms with van der Waals surface area (Å²) in [5.41, 5.74) is 5.78. The molecule has 0 fully saturated rings. The summed E-state index contributed by atoms with van der Waals surface area (Å²) in [5.74, 6) is 0.667. The van der Waals surface area contributed by atoms with E-state index in [0.717, 1.165) is 25.9 Å². The smallest absolute Gasteiger partial charge is 0.197 e. The molecule has 4 N–H and O–H groups in total. The van der Waals surface area contributed by atoms with Gasteiger partial charge in [0.1, 0.15) is 0 Å². The topological polar surface area (TPSA) is 77.5 Å². The molecule has 0 spiro atoms. The number of rotatable bonds is 11. The maximum atomic E-state index is 7.81. The minimum atomic E-state index is 0. The molecule has 0 aromatic heterocycles. The molecule has 6 heteroatoms. The highest BCUT2D eigenvalue weighted by molar-refractivity contribution is 5.96. The SMILES string of the molecule is CCCCCCCCCCN=C(N)NC(=N)N(C)CCC.Cl. The maximum Gasteiger partial charge on any atom is 0.197 e. The van der Waals surface area contributed by atoms with Crippen LogP contribution in [0.2, 0.25) is 0 Å². The lowest BCUT2D eigenvalue weighted by atomic mass is 10.1. The average molecular weight is 334 g/mol. The van der Waals surface area contributed by atoms with Gasteiger partial charge in [-0.3, -0.25) is 15.7 Å². The summed E-state index contributed by atoms with van der Waals surface area (Å²) in [7, 11) is 1.88. The molecular weight excluding hydrogens is 298 g/mol. The first-order valence-electron chi connectivity index (χ1n) is 8.48. The second kappa shape index (κ2) is 16.4. The summed E-state index contributed by atoms with van der Waals surface area (Å²) >= 11 is 0. The van der Waals surface area contributed by atoms with E-state index in [2.05, 4.69) is 24.2 Å². The van der Waals surface area contributed by atoms with Gasteiger partial charge in [-0.25, -0.2) is 0 Å². The Hall–Kier alpha value is -0.970. The van der Waals surface area contributed by atoms with Gasteiger partial charge in [-0.1, -0.05) is 58.8 Å². The molecule has 0 radical (unpaired) electrons. The molecule has 0 amide bonds. The average Bonchev–Trinajstić information content (AvgIpc) is 2.45. The zero-order valence-corrected chi connectivity index (χ0v) is 15.5. The van der Waals surface area contributed by atoms with Crippen LogP contribution in [0.4, 0.5) is 0 Å². The summed E-state index contributed by atoms with van der Waals surface area (Å²) in [6, 6.07) is 0. The van der Waals surface area contributed by atoms with Gasteiger partial charge in [0.25, 0.3) is 0 Å². The number of halogens is 1. The maximum absolute atomic E-state index is 7.81. The molecule has 0 saturated heterocycles.